The van der Waals surface area contributed by atoms with Gasteiger partial charge in [0, 0.05) is 22.6 Å². The molecule has 5 rings (SSSR count). The maximum atomic E-state index is 15.0. The minimum absolute atomic E-state index is 0.120. The maximum Gasteiger partial charge on any atom is 0.338 e. The Kier molecular flexibility index (Phi) is 5.92. The van der Waals surface area contributed by atoms with Gasteiger partial charge in [-0.3, -0.25) is 9.82 Å². The quantitative estimate of drug-likeness (QED) is 0.344. The summed E-state index contributed by atoms with van der Waals surface area (Å²) in [5, 5.41) is 7.14. The number of aromatic nitrogens is 2. The molecule has 0 atom stereocenters. The number of sulfonamides is 1. The Morgan fingerprint density at radius 1 is 1.03 bits per heavy atom. The van der Waals surface area contributed by atoms with Crippen LogP contribution in [0.2, 0.25) is 5.02 Å². The molecule has 13 heteroatoms. The number of nitrogens with zero attached hydrogens (tertiary/aromatic N) is 1. The summed E-state index contributed by atoms with van der Waals surface area (Å²) in [6, 6.07) is 6.84. The van der Waals surface area contributed by atoms with Crippen molar-refractivity contribution in [3.05, 3.63) is 64.8 Å². The van der Waals surface area contributed by atoms with Gasteiger partial charge in [0.2, 0.25) is 0 Å². The van der Waals surface area contributed by atoms with E-state index in [1.807, 2.05) is 0 Å². The fourth-order valence-electron chi connectivity index (χ4n) is 3.79. The molecule has 0 saturated carbocycles. The molecule has 2 heterocycles. The predicted molar refractivity (Wildman–Crippen MR) is 126 cm³/mol. The van der Waals surface area contributed by atoms with Crippen LogP contribution in [0.15, 0.2) is 47.5 Å². The van der Waals surface area contributed by atoms with Crippen LogP contribution in [0, 0.1) is 11.6 Å². The number of fused-ring (bicyclic) bond motifs is 7. The highest BCUT2D eigenvalue weighted by molar-refractivity contribution is 7.92. The summed E-state index contributed by atoms with van der Waals surface area (Å²) in [7, 11) is -3.40. The highest BCUT2D eigenvalue weighted by Gasteiger charge is 2.27. The number of esters is 1. The number of carbonyl (C=O) groups is 1. The van der Waals surface area contributed by atoms with Crippen LogP contribution in [-0.4, -0.2) is 44.9 Å². The Morgan fingerprint density at radius 3 is 2.58 bits per heavy atom. The van der Waals surface area contributed by atoms with Gasteiger partial charge in [-0.1, -0.05) is 11.6 Å². The van der Waals surface area contributed by atoms with E-state index in [2.05, 4.69) is 14.9 Å². The molecule has 0 fully saturated rings. The van der Waals surface area contributed by atoms with Gasteiger partial charge >= 0.3 is 5.97 Å². The van der Waals surface area contributed by atoms with Crippen LogP contribution in [-0.2, 0) is 14.8 Å². The zero-order valence-electron chi connectivity index (χ0n) is 18.4. The molecule has 0 radical (unpaired) electrons. The van der Waals surface area contributed by atoms with E-state index in [0.29, 0.717) is 17.0 Å². The van der Waals surface area contributed by atoms with E-state index in [-0.39, 0.29) is 46.4 Å². The number of methoxy groups -OCH3 is 1. The molecule has 186 valence electrons. The topological polar surface area (TPSA) is 120 Å². The van der Waals surface area contributed by atoms with Gasteiger partial charge in [-0.25, -0.2) is 22.0 Å². The second kappa shape index (κ2) is 8.95. The van der Waals surface area contributed by atoms with Gasteiger partial charge in [-0.05, 0) is 30.3 Å². The molecule has 9 nitrogen and oxygen atoms in total. The van der Waals surface area contributed by atoms with Gasteiger partial charge in [0.15, 0.2) is 5.75 Å². The summed E-state index contributed by atoms with van der Waals surface area (Å²) in [5.41, 5.74) is -0.166. The number of rotatable bonds is 1. The van der Waals surface area contributed by atoms with Gasteiger partial charge in [-0.15, -0.1) is 0 Å². The molecule has 0 saturated heterocycles. The maximum absolute atomic E-state index is 15.0. The molecule has 4 bridgehead atoms. The Morgan fingerprint density at radius 2 is 1.81 bits per heavy atom. The zero-order valence-corrected chi connectivity index (χ0v) is 20.0. The summed E-state index contributed by atoms with van der Waals surface area (Å²) in [5.74, 6) is -3.10. The molecule has 36 heavy (non-hydrogen) atoms. The highest BCUT2D eigenvalue weighted by atomic mass is 35.5. The monoisotopic (exact) mass is 535 g/mol. The Balaban J connectivity index is 1.74. The smallest absolute Gasteiger partial charge is 0.338 e. The van der Waals surface area contributed by atoms with Crippen molar-refractivity contribution in [3.8, 4) is 22.6 Å². The fourth-order valence-corrected chi connectivity index (χ4v) is 5.41. The van der Waals surface area contributed by atoms with Crippen molar-refractivity contribution in [1.29, 1.82) is 0 Å². The third kappa shape index (κ3) is 4.18. The van der Waals surface area contributed by atoms with Gasteiger partial charge in [0.1, 0.15) is 35.5 Å². The van der Waals surface area contributed by atoms with Crippen LogP contribution in [0.3, 0.4) is 0 Å². The average Bonchev–Trinajstić information content (AvgIpc) is 3.29. The largest absolute Gasteiger partial charge is 0.494 e. The first kappa shape index (κ1) is 23.8. The SMILES string of the molecule is COc1c(Cl)cc2cc1S(=O)(=O)Nc1cc(c(F)cc1F)-c1cc3[nH]ncc3cc1OCCOC2=O. The second-order valence-corrected chi connectivity index (χ2v) is 9.75. The van der Waals surface area contributed by atoms with E-state index in [4.69, 9.17) is 25.8 Å². The molecule has 0 spiro atoms. The molecule has 0 amide bonds. The molecule has 4 aromatic rings. The standard InChI is InChI=1S/C23H16ClF2N3O6S/c1-33-22-15(24)4-11-6-21(22)36(31,32)29-19-7-13(16(25)9-17(19)26)14-8-18-12(10-27-28-18)5-20(14)34-2-3-35-23(11)30/h4-10,29H,2-3H2,1H3,(H,27,28). The molecular formula is C23H16ClF2N3O6S. The first-order valence-corrected chi connectivity index (χ1v) is 12.2. The van der Waals surface area contributed by atoms with Crippen molar-refractivity contribution in [2.75, 3.05) is 25.0 Å². The number of nitrogens with one attached hydrogen (secondary N) is 2. The van der Waals surface area contributed by atoms with Crippen molar-refractivity contribution in [3.63, 3.8) is 0 Å². The Hall–Kier alpha value is -3.90. The van der Waals surface area contributed by atoms with Crippen molar-refractivity contribution in [2.45, 2.75) is 4.90 Å². The number of H-pyrrole nitrogens is 1. The summed E-state index contributed by atoms with van der Waals surface area (Å²) in [4.78, 5) is 12.1. The van der Waals surface area contributed by atoms with Crippen LogP contribution in [0.1, 0.15) is 10.4 Å². The highest BCUT2D eigenvalue weighted by Crippen LogP contribution is 2.39. The van der Waals surface area contributed by atoms with E-state index >= 15 is 0 Å². The van der Waals surface area contributed by atoms with Gasteiger partial charge in [0.25, 0.3) is 10.0 Å². The van der Waals surface area contributed by atoms with Crippen molar-refractivity contribution in [2.24, 2.45) is 0 Å². The second-order valence-electron chi connectivity index (χ2n) is 7.70. The molecule has 0 unspecified atom stereocenters. The molecule has 3 aromatic carbocycles. The Labute approximate surface area is 208 Å². The third-order valence-corrected chi connectivity index (χ3v) is 7.10. The van der Waals surface area contributed by atoms with E-state index in [0.717, 1.165) is 12.1 Å². The lowest BCUT2D eigenvalue weighted by Gasteiger charge is -2.16. The summed E-state index contributed by atoms with van der Waals surface area (Å²) < 4.78 is 74.5. The van der Waals surface area contributed by atoms with E-state index in [9.17, 15) is 22.0 Å². The molecule has 0 aliphatic carbocycles. The Bertz CT molecular complexity index is 1640. The normalized spacial score (nSPS) is 15.1. The number of hydrogen-bond donors (Lipinski definition) is 2. The average molecular weight is 536 g/mol. The number of anilines is 1. The van der Waals surface area contributed by atoms with Crippen LogP contribution >= 0.6 is 11.6 Å². The van der Waals surface area contributed by atoms with Crippen LogP contribution in [0.25, 0.3) is 22.0 Å². The van der Waals surface area contributed by atoms with Gasteiger partial charge < -0.3 is 14.2 Å². The van der Waals surface area contributed by atoms with E-state index in [1.54, 1.807) is 6.07 Å². The number of benzene rings is 3. The van der Waals surface area contributed by atoms with Gasteiger partial charge in [-0.2, -0.15) is 5.10 Å². The van der Waals surface area contributed by atoms with Crippen LogP contribution in [0.4, 0.5) is 14.5 Å². The number of aromatic amines is 1. The number of carbonyl (C=O) groups excluding carboxylic acids is 1. The van der Waals surface area contributed by atoms with Crippen molar-refractivity contribution in [1.82, 2.24) is 10.2 Å². The third-order valence-electron chi connectivity index (χ3n) is 5.44. The summed E-state index contributed by atoms with van der Waals surface area (Å²) in [6.45, 7) is -0.339. The molecule has 2 N–H and O–H groups in total. The lowest BCUT2D eigenvalue weighted by Crippen LogP contribution is -2.17. The fraction of sp³-hybridized carbons (Fsp3) is 0.130. The predicted octanol–water partition coefficient (Wildman–Crippen LogP) is 4.52. The van der Waals surface area contributed by atoms with Crippen LogP contribution in [0.5, 0.6) is 11.5 Å². The molecular weight excluding hydrogens is 520 g/mol. The van der Waals surface area contributed by atoms with Crippen molar-refractivity contribution < 1.29 is 36.2 Å². The van der Waals surface area contributed by atoms with E-state index < -0.39 is 38.2 Å². The number of halogens is 3. The first-order chi connectivity index (χ1) is 17.2. The molecule has 1 aliphatic heterocycles. The van der Waals surface area contributed by atoms with Crippen LogP contribution < -0.4 is 14.2 Å². The summed E-state index contributed by atoms with van der Waals surface area (Å²) in [6.07, 6.45) is 1.53. The number of cyclic esters (lactones) is 1. The molecule has 1 aliphatic rings. The number of hydrogen-bond acceptors (Lipinski definition) is 7. The van der Waals surface area contributed by atoms with E-state index in [1.165, 1.54) is 25.4 Å². The minimum Gasteiger partial charge on any atom is -0.494 e. The summed E-state index contributed by atoms with van der Waals surface area (Å²) >= 11 is 6.16. The van der Waals surface area contributed by atoms with Gasteiger partial charge in [0.05, 0.1) is 35.1 Å². The zero-order chi connectivity index (χ0) is 25.6. The number of ether oxygens (including phenoxy) is 3. The molecule has 1 aromatic heterocycles. The minimum atomic E-state index is -4.58. The lowest BCUT2D eigenvalue weighted by molar-refractivity contribution is 0.0450. The van der Waals surface area contributed by atoms with Crippen molar-refractivity contribution >= 4 is 44.2 Å². The lowest BCUT2D eigenvalue weighted by atomic mass is 10.0. The first-order valence-electron chi connectivity index (χ1n) is 10.3.